The predicted octanol–water partition coefficient (Wildman–Crippen LogP) is 4.37. The minimum Gasteiger partial charge on any atom is -0.455 e. The maximum atomic E-state index is 12.2. The summed E-state index contributed by atoms with van der Waals surface area (Å²) in [6.45, 7) is 1.98. The van der Waals surface area contributed by atoms with Crippen molar-refractivity contribution < 1.29 is 4.42 Å². The Kier molecular flexibility index (Phi) is 3.14. The summed E-state index contributed by atoms with van der Waals surface area (Å²) in [5, 5.41) is 0.643. The Hall–Kier alpha value is -1.62. The van der Waals surface area contributed by atoms with Gasteiger partial charge in [-0.05, 0) is 47.2 Å². The summed E-state index contributed by atoms with van der Waals surface area (Å²) in [7, 11) is 0. The van der Waals surface area contributed by atoms with E-state index >= 15 is 0 Å². The third-order valence-electron chi connectivity index (χ3n) is 2.99. The topological polar surface area (TPSA) is 30.2 Å². The highest BCUT2D eigenvalue weighted by molar-refractivity contribution is 14.1. The van der Waals surface area contributed by atoms with Crippen molar-refractivity contribution in [1.82, 2.24) is 0 Å². The van der Waals surface area contributed by atoms with Gasteiger partial charge in [-0.2, -0.15) is 0 Å². The molecule has 19 heavy (non-hydrogen) atoms. The smallest absolute Gasteiger partial charge is 0.193 e. The standard InChI is InChI=1S/C16H11IO2/c1-10-7-12-14(18)9-15(11-5-3-2-4-6-11)19-16(12)13(17)8-10/h2-9H,1H3. The second-order valence-electron chi connectivity index (χ2n) is 4.46. The number of aryl methyl sites for hydroxylation is 1. The van der Waals surface area contributed by atoms with Crippen LogP contribution >= 0.6 is 22.6 Å². The van der Waals surface area contributed by atoms with Gasteiger partial charge in [-0.15, -0.1) is 0 Å². The lowest BCUT2D eigenvalue weighted by Crippen LogP contribution is -2.01. The minimum atomic E-state index is 0.00159. The molecular formula is C16H11IO2. The Morgan fingerprint density at radius 1 is 1.05 bits per heavy atom. The molecule has 0 radical (unpaired) electrons. The lowest BCUT2D eigenvalue weighted by Gasteiger charge is -2.05. The molecule has 1 aromatic heterocycles. The molecule has 0 aliphatic heterocycles. The van der Waals surface area contributed by atoms with Crippen molar-refractivity contribution in [2.24, 2.45) is 0 Å². The number of benzene rings is 2. The van der Waals surface area contributed by atoms with E-state index < -0.39 is 0 Å². The number of hydrogen-bond acceptors (Lipinski definition) is 2. The molecule has 0 spiro atoms. The van der Waals surface area contributed by atoms with Crippen LogP contribution in [0.25, 0.3) is 22.3 Å². The first-order valence-corrected chi connectivity index (χ1v) is 7.02. The Labute approximate surface area is 124 Å². The van der Waals surface area contributed by atoms with Gasteiger partial charge in [-0.1, -0.05) is 30.3 Å². The van der Waals surface area contributed by atoms with Gasteiger partial charge in [0.1, 0.15) is 5.76 Å². The van der Waals surface area contributed by atoms with E-state index in [1.54, 1.807) is 6.07 Å². The summed E-state index contributed by atoms with van der Waals surface area (Å²) >= 11 is 2.20. The van der Waals surface area contributed by atoms with E-state index in [-0.39, 0.29) is 5.43 Å². The fraction of sp³-hybridized carbons (Fsp3) is 0.0625. The van der Waals surface area contributed by atoms with Crippen LogP contribution in [0, 0.1) is 10.5 Å². The zero-order valence-electron chi connectivity index (χ0n) is 10.3. The van der Waals surface area contributed by atoms with Gasteiger partial charge >= 0.3 is 0 Å². The van der Waals surface area contributed by atoms with Crippen molar-refractivity contribution in [2.45, 2.75) is 6.92 Å². The van der Waals surface area contributed by atoms with Crippen molar-refractivity contribution in [1.29, 1.82) is 0 Å². The molecule has 0 unspecified atom stereocenters. The van der Waals surface area contributed by atoms with Gasteiger partial charge < -0.3 is 4.42 Å². The second kappa shape index (κ2) is 4.81. The van der Waals surface area contributed by atoms with E-state index in [1.165, 1.54) is 0 Å². The van der Waals surface area contributed by atoms with E-state index in [0.29, 0.717) is 16.7 Å². The molecule has 2 aromatic carbocycles. The first kappa shape index (κ1) is 12.4. The van der Waals surface area contributed by atoms with Gasteiger partial charge in [0, 0.05) is 11.6 Å². The molecule has 3 heteroatoms. The van der Waals surface area contributed by atoms with Gasteiger partial charge in [0.05, 0.1) is 8.96 Å². The molecule has 94 valence electrons. The van der Waals surface area contributed by atoms with Crippen molar-refractivity contribution in [2.75, 3.05) is 0 Å². The molecule has 0 saturated carbocycles. The van der Waals surface area contributed by atoms with Crippen LogP contribution in [0.1, 0.15) is 5.56 Å². The molecule has 0 aliphatic carbocycles. The predicted molar refractivity (Wildman–Crippen MR) is 85.4 cm³/mol. The zero-order valence-corrected chi connectivity index (χ0v) is 12.5. The molecule has 0 atom stereocenters. The highest BCUT2D eigenvalue weighted by Gasteiger charge is 2.09. The highest BCUT2D eigenvalue weighted by atomic mass is 127. The van der Waals surface area contributed by atoms with E-state index in [4.69, 9.17) is 4.42 Å². The zero-order chi connectivity index (χ0) is 13.4. The maximum Gasteiger partial charge on any atom is 0.193 e. The van der Waals surface area contributed by atoms with Crippen LogP contribution in [0.5, 0.6) is 0 Å². The molecule has 0 bridgehead atoms. The minimum absolute atomic E-state index is 0.00159. The van der Waals surface area contributed by atoms with Crippen LogP contribution in [-0.4, -0.2) is 0 Å². The molecule has 2 nitrogen and oxygen atoms in total. The average molecular weight is 362 g/mol. The maximum absolute atomic E-state index is 12.2. The van der Waals surface area contributed by atoms with Gasteiger partial charge in [0.25, 0.3) is 0 Å². The molecular weight excluding hydrogens is 351 g/mol. The first-order chi connectivity index (χ1) is 9.15. The quantitative estimate of drug-likeness (QED) is 0.602. The van der Waals surface area contributed by atoms with E-state index in [2.05, 4.69) is 22.6 Å². The summed E-state index contributed by atoms with van der Waals surface area (Å²) in [4.78, 5) is 12.2. The Morgan fingerprint density at radius 2 is 1.79 bits per heavy atom. The SMILES string of the molecule is Cc1cc(I)c2oc(-c3ccccc3)cc(=O)c2c1. The van der Waals surface area contributed by atoms with Crippen LogP contribution in [-0.2, 0) is 0 Å². The van der Waals surface area contributed by atoms with E-state index in [1.807, 2.05) is 49.4 Å². The number of hydrogen-bond donors (Lipinski definition) is 0. The summed E-state index contributed by atoms with van der Waals surface area (Å²) < 4.78 is 6.87. The fourth-order valence-electron chi connectivity index (χ4n) is 2.10. The Morgan fingerprint density at radius 3 is 2.53 bits per heavy atom. The van der Waals surface area contributed by atoms with Gasteiger partial charge in [-0.3, -0.25) is 4.79 Å². The van der Waals surface area contributed by atoms with Crippen molar-refractivity contribution in [3.63, 3.8) is 0 Å². The van der Waals surface area contributed by atoms with Crippen LogP contribution in [0.2, 0.25) is 0 Å². The second-order valence-corrected chi connectivity index (χ2v) is 5.63. The Bertz CT molecular complexity index is 804. The molecule has 3 rings (SSSR count). The van der Waals surface area contributed by atoms with Gasteiger partial charge in [0.2, 0.25) is 0 Å². The molecule has 0 aliphatic rings. The summed E-state index contributed by atoms with van der Waals surface area (Å²) in [6.07, 6.45) is 0. The normalized spacial score (nSPS) is 10.8. The average Bonchev–Trinajstić information content (AvgIpc) is 2.41. The monoisotopic (exact) mass is 362 g/mol. The van der Waals surface area contributed by atoms with Crippen molar-refractivity contribution in [3.05, 3.63) is 67.9 Å². The van der Waals surface area contributed by atoms with Crippen LogP contribution in [0.15, 0.2) is 57.7 Å². The highest BCUT2D eigenvalue weighted by Crippen LogP contribution is 2.25. The van der Waals surface area contributed by atoms with Crippen LogP contribution in [0.3, 0.4) is 0 Å². The van der Waals surface area contributed by atoms with Crippen LogP contribution in [0.4, 0.5) is 0 Å². The first-order valence-electron chi connectivity index (χ1n) is 5.94. The lowest BCUT2D eigenvalue weighted by molar-refractivity contribution is 0.616. The summed E-state index contributed by atoms with van der Waals surface area (Å²) in [5.41, 5.74) is 2.65. The Balaban J connectivity index is 2.34. The summed E-state index contributed by atoms with van der Waals surface area (Å²) in [5.74, 6) is 0.611. The largest absolute Gasteiger partial charge is 0.455 e. The van der Waals surface area contributed by atoms with Gasteiger partial charge in [0.15, 0.2) is 11.0 Å². The van der Waals surface area contributed by atoms with Gasteiger partial charge in [-0.25, -0.2) is 0 Å². The van der Waals surface area contributed by atoms with Crippen LogP contribution < -0.4 is 5.43 Å². The fourth-order valence-corrected chi connectivity index (χ4v) is 2.99. The summed E-state index contributed by atoms with van der Waals surface area (Å²) in [6, 6.07) is 15.1. The molecule has 3 aromatic rings. The molecule has 0 amide bonds. The molecule has 0 saturated heterocycles. The third kappa shape index (κ3) is 2.30. The third-order valence-corrected chi connectivity index (χ3v) is 3.79. The van der Waals surface area contributed by atoms with E-state index in [9.17, 15) is 4.79 Å². The van der Waals surface area contributed by atoms with Crippen molar-refractivity contribution in [3.8, 4) is 11.3 Å². The molecule has 0 N–H and O–H groups in total. The number of fused-ring (bicyclic) bond motifs is 1. The number of rotatable bonds is 1. The lowest BCUT2D eigenvalue weighted by atomic mass is 10.1. The number of halogens is 1. The molecule has 0 fully saturated rings. The molecule has 1 heterocycles. The van der Waals surface area contributed by atoms with E-state index in [0.717, 1.165) is 14.7 Å². The van der Waals surface area contributed by atoms with Crippen molar-refractivity contribution >= 4 is 33.6 Å².